The fourth-order valence-corrected chi connectivity index (χ4v) is 3.25. The average Bonchev–Trinajstić information content (AvgIpc) is 2.70. The molecule has 1 aliphatic rings. The van der Waals surface area contributed by atoms with Crippen LogP contribution in [0.3, 0.4) is 0 Å². The Morgan fingerprint density at radius 3 is 2.31 bits per heavy atom. The van der Waals surface area contributed by atoms with Gasteiger partial charge < -0.3 is 19.7 Å². The molecule has 0 aromatic heterocycles. The number of nitrogens with one attached hydrogen (secondary N) is 1. The summed E-state index contributed by atoms with van der Waals surface area (Å²) in [5, 5.41) is 3.36. The van der Waals surface area contributed by atoms with Crippen LogP contribution in [0.25, 0.3) is 0 Å². The van der Waals surface area contributed by atoms with Crippen LogP contribution in [0.2, 0.25) is 0 Å². The van der Waals surface area contributed by atoms with Gasteiger partial charge in [-0.3, -0.25) is 4.79 Å². The van der Waals surface area contributed by atoms with Gasteiger partial charge in [0.15, 0.2) is 0 Å². The second-order valence-electron chi connectivity index (χ2n) is 6.46. The van der Waals surface area contributed by atoms with Gasteiger partial charge in [0, 0.05) is 32.8 Å². The molecule has 1 unspecified atom stereocenters. The number of benzene rings is 2. The van der Waals surface area contributed by atoms with Gasteiger partial charge in [-0.1, -0.05) is 60.7 Å². The third kappa shape index (κ3) is 4.91. The van der Waals surface area contributed by atoms with E-state index in [9.17, 15) is 4.79 Å². The van der Waals surface area contributed by atoms with E-state index < -0.39 is 0 Å². The molecule has 1 saturated heterocycles. The standard InChI is InChI=1S/C21H26N2O3/c1-25-15-19-14-23(13-12-22-19)20(24)16-26-21(17-8-4-2-5-9-17)18-10-6-3-7-11-18/h2-11,19,21-22H,12-16H2,1H3. The monoisotopic (exact) mass is 354 g/mol. The highest BCUT2D eigenvalue weighted by molar-refractivity contribution is 5.77. The molecule has 1 heterocycles. The normalized spacial score (nSPS) is 17.5. The van der Waals surface area contributed by atoms with Gasteiger partial charge in [0.25, 0.3) is 0 Å². The van der Waals surface area contributed by atoms with Crippen LogP contribution < -0.4 is 5.32 Å². The molecule has 0 spiro atoms. The summed E-state index contributed by atoms with van der Waals surface area (Å²) in [6.07, 6.45) is -0.251. The van der Waals surface area contributed by atoms with E-state index in [1.807, 2.05) is 65.6 Å². The highest BCUT2D eigenvalue weighted by atomic mass is 16.5. The van der Waals surface area contributed by atoms with Crippen molar-refractivity contribution in [2.75, 3.05) is 40.0 Å². The van der Waals surface area contributed by atoms with E-state index in [2.05, 4.69) is 5.32 Å². The minimum absolute atomic E-state index is 0.0180. The predicted octanol–water partition coefficient (Wildman–Crippen LogP) is 2.24. The highest BCUT2D eigenvalue weighted by Crippen LogP contribution is 2.25. The molecule has 5 heteroatoms. The maximum atomic E-state index is 12.6. The smallest absolute Gasteiger partial charge is 0.248 e. The maximum absolute atomic E-state index is 12.6. The van der Waals surface area contributed by atoms with Crippen LogP contribution in [0.15, 0.2) is 60.7 Å². The second kappa shape index (κ2) is 9.48. The molecule has 0 saturated carbocycles. The van der Waals surface area contributed by atoms with Crippen molar-refractivity contribution in [1.82, 2.24) is 10.2 Å². The molecule has 1 N–H and O–H groups in total. The van der Waals surface area contributed by atoms with Gasteiger partial charge in [-0.25, -0.2) is 0 Å². The summed E-state index contributed by atoms with van der Waals surface area (Å²) in [4.78, 5) is 14.5. The van der Waals surface area contributed by atoms with Gasteiger partial charge in [-0.2, -0.15) is 0 Å². The molecule has 1 atom stereocenters. The molecule has 0 radical (unpaired) electrons. The molecule has 1 fully saturated rings. The second-order valence-corrected chi connectivity index (χ2v) is 6.46. The van der Waals surface area contributed by atoms with Gasteiger partial charge in [-0.05, 0) is 11.1 Å². The molecular weight excluding hydrogens is 328 g/mol. The minimum atomic E-state index is -0.251. The number of piperazine rings is 1. The third-order valence-electron chi connectivity index (χ3n) is 4.55. The molecule has 0 aliphatic carbocycles. The van der Waals surface area contributed by atoms with Gasteiger partial charge in [0.2, 0.25) is 5.91 Å². The molecule has 0 bridgehead atoms. The first-order valence-electron chi connectivity index (χ1n) is 8.99. The van der Waals surface area contributed by atoms with Crippen LogP contribution >= 0.6 is 0 Å². The van der Waals surface area contributed by atoms with Crippen LogP contribution in [-0.2, 0) is 14.3 Å². The number of amides is 1. The van der Waals surface area contributed by atoms with Crippen molar-refractivity contribution in [2.45, 2.75) is 12.1 Å². The summed E-state index contributed by atoms with van der Waals surface area (Å²) in [6, 6.07) is 20.2. The van der Waals surface area contributed by atoms with E-state index in [0.29, 0.717) is 19.7 Å². The minimum Gasteiger partial charge on any atom is -0.383 e. The van der Waals surface area contributed by atoms with Gasteiger partial charge in [0.05, 0.1) is 6.61 Å². The van der Waals surface area contributed by atoms with E-state index in [4.69, 9.17) is 9.47 Å². The maximum Gasteiger partial charge on any atom is 0.248 e. The first-order valence-corrected chi connectivity index (χ1v) is 8.99. The summed E-state index contributed by atoms with van der Waals surface area (Å²) >= 11 is 0. The van der Waals surface area contributed by atoms with Crippen LogP contribution in [0.4, 0.5) is 0 Å². The summed E-state index contributed by atoms with van der Waals surface area (Å²) in [5.74, 6) is 0.0180. The highest BCUT2D eigenvalue weighted by Gasteiger charge is 2.24. The van der Waals surface area contributed by atoms with E-state index in [-0.39, 0.29) is 24.7 Å². The van der Waals surface area contributed by atoms with Crippen molar-refractivity contribution >= 4 is 5.91 Å². The molecular formula is C21H26N2O3. The fraction of sp³-hybridized carbons (Fsp3) is 0.381. The first kappa shape index (κ1) is 18.6. The summed E-state index contributed by atoms with van der Waals surface area (Å²) in [7, 11) is 1.68. The number of nitrogens with zero attached hydrogens (tertiary/aromatic N) is 1. The fourth-order valence-electron chi connectivity index (χ4n) is 3.25. The number of ether oxygens (including phenoxy) is 2. The van der Waals surface area contributed by atoms with Crippen LogP contribution in [0.5, 0.6) is 0 Å². The van der Waals surface area contributed by atoms with Crippen molar-refractivity contribution < 1.29 is 14.3 Å². The lowest BCUT2D eigenvalue weighted by molar-refractivity contribution is -0.139. The first-order chi connectivity index (χ1) is 12.8. The Balaban J connectivity index is 1.65. The average molecular weight is 354 g/mol. The molecule has 138 valence electrons. The lowest BCUT2D eigenvalue weighted by atomic mass is 10.0. The zero-order valence-corrected chi connectivity index (χ0v) is 15.1. The number of carbonyl (C=O) groups excluding carboxylic acids is 1. The van der Waals surface area contributed by atoms with Crippen LogP contribution in [0, 0.1) is 0 Å². The zero-order valence-electron chi connectivity index (χ0n) is 15.1. The van der Waals surface area contributed by atoms with Crippen molar-refractivity contribution in [3.05, 3.63) is 71.8 Å². The largest absolute Gasteiger partial charge is 0.383 e. The molecule has 1 amide bonds. The number of hydrogen-bond donors (Lipinski definition) is 1. The van der Waals surface area contributed by atoms with E-state index in [1.165, 1.54) is 0 Å². The molecule has 3 rings (SSSR count). The van der Waals surface area contributed by atoms with Crippen molar-refractivity contribution in [3.63, 3.8) is 0 Å². The van der Waals surface area contributed by atoms with Crippen LogP contribution in [0.1, 0.15) is 17.2 Å². The van der Waals surface area contributed by atoms with Crippen molar-refractivity contribution in [1.29, 1.82) is 0 Å². The lowest BCUT2D eigenvalue weighted by Crippen LogP contribution is -2.55. The zero-order chi connectivity index (χ0) is 18.2. The summed E-state index contributed by atoms with van der Waals surface area (Å²) < 4.78 is 11.3. The number of rotatable bonds is 7. The van der Waals surface area contributed by atoms with Gasteiger partial charge >= 0.3 is 0 Å². The molecule has 2 aromatic rings. The lowest BCUT2D eigenvalue weighted by Gasteiger charge is -2.33. The van der Waals surface area contributed by atoms with Crippen molar-refractivity contribution in [2.24, 2.45) is 0 Å². The quantitative estimate of drug-likeness (QED) is 0.829. The molecule has 1 aliphatic heterocycles. The predicted molar refractivity (Wildman–Crippen MR) is 101 cm³/mol. The SMILES string of the molecule is COCC1CN(C(=O)COC(c2ccccc2)c2ccccc2)CCN1. The summed E-state index contributed by atoms with van der Waals surface area (Å²) in [6.45, 7) is 2.79. The van der Waals surface area contributed by atoms with Gasteiger partial charge in [0.1, 0.15) is 12.7 Å². The van der Waals surface area contributed by atoms with E-state index in [1.54, 1.807) is 7.11 Å². The molecule has 2 aromatic carbocycles. The van der Waals surface area contributed by atoms with E-state index >= 15 is 0 Å². The van der Waals surface area contributed by atoms with E-state index in [0.717, 1.165) is 17.7 Å². The van der Waals surface area contributed by atoms with Gasteiger partial charge in [-0.15, -0.1) is 0 Å². The number of carbonyl (C=O) groups is 1. The Morgan fingerprint density at radius 1 is 1.12 bits per heavy atom. The Kier molecular flexibility index (Phi) is 6.77. The Labute approximate surface area is 154 Å². The Bertz CT molecular complexity index is 637. The number of hydrogen-bond acceptors (Lipinski definition) is 4. The third-order valence-corrected chi connectivity index (χ3v) is 4.55. The Hall–Kier alpha value is -2.21. The number of methoxy groups -OCH3 is 1. The Morgan fingerprint density at radius 2 is 1.73 bits per heavy atom. The van der Waals surface area contributed by atoms with Crippen LogP contribution in [-0.4, -0.2) is 56.8 Å². The summed E-state index contributed by atoms with van der Waals surface area (Å²) in [5.41, 5.74) is 2.09. The molecule has 5 nitrogen and oxygen atoms in total. The van der Waals surface area contributed by atoms with Crippen molar-refractivity contribution in [3.8, 4) is 0 Å². The topological polar surface area (TPSA) is 50.8 Å². The molecule has 26 heavy (non-hydrogen) atoms.